The van der Waals surface area contributed by atoms with E-state index in [1.54, 1.807) is 0 Å². The standard InChI is InChI=1S/C12H25NO/c1-11(2,3)14-10-6-8-12(4,13-5)9-7-10/h10,13H,6-9H2,1-5H3. The molecule has 2 heteroatoms. The molecule has 1 fully saturated rings. The minimum Gasteiger partial charge on any atom is -0.373 e. The second kappa shape index (κ2) is 4.19. The van der Waals surface area contributed by atoms with Crippen molar-refractivity contribution >= 4 is 0 Å². The van der Waals surface area contributed by atoms with Gasteiger partial charge in [0, 0.05) is 5.54 Å². The smallest absolute Gasteiger partial charge is 0.0602 e. The lowest BCUT2D eigenvalue weighted by atomic mass is 9.82. The van der Waals surface area contributed by atoms with E-state index in [0.717, 1.165) is 0 Å². The number of hydrogen-bond donors (Lipinski definition) is 1. The second-order valence-corrected chi connectivity index (χ2v) is 5.74. The molecule has 0 aromatic carbocycles. The first-order valence-corrected chi connectivity index (χ1v) is 5.71. The molecule has 0 aromatic rings. The highest BCUT2D eigenvalue weighted by Gasteiger charge is 2.31. The van der Waals surface area contributed by atoms with E-state index in [2.05, 4.69) is 40.1 Å². The molecule has 0 unspecified atom stereocenters. The van der Waals surface area contributed by atoms with Gasteiger partial charge in [-0.05, 0) is 60.4 Å². The van der Waals surface area contributed by atoms with E-state index in [1.165, 1.54) is 25.7 Å². The van der Waals surface area contributed by atoms with E-state index in [0.29, 0.717) is 11.6 Å². The lowest BCUT2D eigenvalue weighted by molar-refractivity contribution is -0.0810. The molecule has 1 rings (SSSR count). The minimum atomic E-state index is 0.0120. The number of rotatable bonds is 2. The summed E-state index contributed by atoms with van der Waals surface area (Å²) in [7, 11) is 2.06. The van der Waals surface area contributed by atoms with Crippen LogP contribution in [0.15, 0.2) is 0 Å². The van der Waals surface area contributed by atoms with Crippen LogP contribution in [-0.4, -0.2) is 24.3 Å². The van der Waals surface area contributed by atoms with Gasteiger partial charge in [-0.1, -0.05) is 0 Å². The SMILES string of the molecule is CNC1(C)CCC(OC(C)(C)C)CC1. The van der Waals surface area contributed by atoms with E-state index in [9.17, 15) is 0 Å². The summed E-state index contributed by atoms with van der Waals surface area (Å²) in [6.45, 7) is 8.72. The Labute approximate surface area is 88.4 Å². The zero-order chi connectivity index (χ0) is 10.8. The number of hydrogen-bond acceptors (Lipinski definition) is 2. The molecule has 1 N–H and O–H groups in total. The molecule has 2 nitrogen and oxygen atoms in total. The van der Waals surface area contributed by atoms with E-state index >= 15 is 0 Å². The number of nitrogens with one attached hydrogen (secondary N) is 1. The average Bonchev–Trinajstić information content (AvgIpc) is 2.07. The molecule has 1 saturated carbocycles. The van der Waals surface area contributed by atoms with Gasteiger partial charge in [-0.15, -0.1) is 0 Å². The molecule has 14 heavy (non-hydrogen) atoms. The summed E-state index contributed by atoms with van der Waals surface area (Å²) in [4.78, 5) is 0. The molecule has 0 amide bonds. The van der Waals surface area contributed by atoms with Gasteiger partial charge in [0.15, 0.2) is 0 Å². The van der Waals surface area contributed by atoms with Crippen molar-refractivity contribution < 1.29 is 4.74 Å². The third-order valence-corrected chi connectivity index (χ3v) is 3.16. The first-order valence-electron chi connectivity index (χ1n) is 5.71. The predicted octanol–water partition coefficient (Wildman–Crippen LogP) is 2.72. The summed E-state index contributed by atoms with van der Waals surface area (Å²) in [5.41, 5.74) is 0.357. The molecular formula is C12H25NO. The normalized spacial score (nSPS) is 34.5. The van der Waals surface area contributed by atoms with Crippen LogP contribution in [0.4, 0.5) is 0 Å². The molecule has 0 atom stereocenters. The zero-order valence-corrected chi connectivity index (χ0v) is 10.3. The molecule has 0 bridgehead atoms. The summed E-state index contributed by atoms with van der Waals surface area (Å²) in [6, 6.07) is 0. The Bertz CT molecular complexity index is 175. The Morgan fingerprint density at radius 2 is 1.71 bits per heavy atom. The van der Waals surface area contributed by atoms with E-state index in [4.69, 9.17) is 4.74 Å². The van der Waals surface area contributed by atoms with Gasteiger partial charge in [-0.25, -0.2) is 0 Å². The van der Waals surface area contributed by atoms with Crippen molar-refractivity contribution in [2.45, 2.75) is 70.6 Å². The quantitative estimate of drug-likeness (QED) is 0.738. The van der Waals surface area contributed by atoms with E-state index in [1.807, 2.05) is 0 Å². The fourth-order valence-electron chi connectivity index (χ4n) is 2.10. The second-order valence-electron chi connectivity index (χ2n) is 5.74. The fourth-order valence-corrected chi connectivity index (χ4v) is 2.10. The van der Waals surface area contributed by atoms with Crippen molar-refractivity contribution in [3.05, 3.63) is 0 Å². The van der Waals surface area contributed by atoms with Gasteiger partial charge in [-0.2, -0.15) is 0 Å². The largest absolute Gasteiger partial charge is 0.373 e. The molecule has 0 aliphatic heterocycles. The molecular weight excluding hydrogens is 174 g/mol. The monoisotopic (exact) mass is 199 g/mol. The highest BCUT2D eigenvalue weighted by Crippen LogP contribution is 2.31. The summed E-state index contributed by atoms with van der Waals surface area (Å²) in [5, 5.41) is 3.41. The minimum absolute atomic E-state index is 0.0120. The lowest BCUT2D eigenvalue weighted by Crippen LogP contribution is -2.45. The molecule has 0 saturated heterocycles. The summed E-state index contributed by atoms with van der Waals surface area (Å²) >= 11 is 0. The zero-order valence-electron chi connectivity index (χ0n) is 10.3. The van der Waals surface area contributed by atoms with E-state index < -0.39 is 0 Å². The molecule has 1 aliphatic rings. The Morgan fingerprint density at radius 3 is 2.07 bits per heavy atom. The van der Waals surface area contributed by atoms with Crippen LogP contribution in [0.5, 0.6) is 0 Å². The third kappa shape index (κ3) is 3.58. The van der Waals surface area contributed by atoms with Crippen molar-refractivity contribution in [2.24, 2.45) is 0 Å². The average molecular weight is 199 g/mol. The maximum atomic E-state index is 5.99. The highest BCUT2D eigenvalue weighted by atomic mass is 16.5. The molecule has 0 spiro atoms. The molecule has 0 aromatic heterocycles. The first-order chi connectivity index (χ1) is 6.35. The van der Waals surface area contributed by atoms with Crippen LogP contribution in [0.1, 0.15) is 53.4 Å². The van der Waals surface area contributed by atoms with Gasteiger partial charge >= 0.3 is 0 Å². The van der Waals surface area contributed by atoms with Crippen LogP contribution in [0.3, 0.4) is 0 Å². The van der Waals surface area contributed by atoms with Crippen LogP contribution in [0, 0.1) is 0 Å². The van der Waals surface area contributed by atoms with Gasteiger partial charge in [0.25, 0.3) is 0 Å². The summed E-state index contributed by atoms with van der Waals surface area (Å²) in [6.07, 6.45) is 5.30. The van der Waals surface area contributed by atoms with Gasteiger partial charge in [0.1, 0.15) is 0 Å². The van der Waals surface area contributed by atoms with Crippen molar-refractivity contribution in [1.29, 1.82) is 0 Å². The molecule has 0 radical (unpaired) electrons. The maximum absolute atomic E-state index is 5.99. The summed E-state index contributed by atoms with van der Waals surface area (Å²) < 4.78 is 5.99. The Balaban J connectivity index is 2.36. The first kappa shape index (κ1) is 12.0. The van der Waals surface area contributed by atoms with Crippen LogP contribution in [-0.2, 0) is 4.74 Å². The van der Waals surface area contributed by atoms with Gasteiger partial charge in [-0.3, -0.25) is 0 Å². The predicted molar refractivity (Wildman–Crippen MR) is 60.6 cm³/mol. The third-order valence-electron chi connectivity index (χ3n) is 3.16. The maximum Gasteiger partial charge on any atom is 0.0602 e. The Hall–Kier alpha value is -0.0800. The molecule has 84 valence electrons. The summed E-state index contributed by atoms with van der Waals surface area (Å²) in [5.74, 6) is 0. The Kier molecular flexibility index (Phi) is 3.59. The molecule has 0 heterocycles. The molecule has 1 aliphatic carbocycles. The Morgan fingerprint density at radius 1 is 1.21 bits per heavy atom. The van der Waals surface area contributed by atoms with Gasteiger partial charge in [0.05, 0.1) is 11.7 Å². The lowest BCUT2D eigenvalue weighted by Gasteiger charge is -2.39. The number of ether oxygens (including phenoxy) is 1. The highest BCUT2D eigenvalue weighted by molar-refractivity contribution is 4.88. The van der Waals surface area contributed by atoms with E-state index in [-0.39, 0.29) is 5.60 Å². The van der Waals surface area contributed by atoms with Crippen molar-refractivity contribution in [3.8, 4) is 0 Å². The van der Waals surface area contributed by atoms with Crippen LogP contribution < -0.4 is 5.32 Å². The van der Waals surface area contributed by atoms with Crippen LogP contribution in [0.25, 0.3) is 0 Å². The van der Waals surface area contributed by atoms with Crippen molar-refractivity contribution in [1.82, 2.24) is 5.32 Å². The van der Waals surface area contributed by atoms with Crippen molar-refractivity contribution in [3.63, 3.8) is 0 Å². The van der Waals surface area contributed by atoms with Gasteiger partial charge in [0.2, 0.25) is 0 Å². The van der Waals surface area contributed by atoms with Crippen molar-refractivity contribution in [2.75, 3.05) is 7.05 Å². The topological polar surface area (TPSA) is 21.3 Å². The van der Waals surface area contributed by atoms with Crippen LogP contribution >= 0.6 is 0 Å². The van der Waals surface area contributed by atoms with Gasteiger partial charge < -0.3 is 10.1 Å². The fraction of sp³-hybridized carbons (Fsp3) is 1.00. The van der Waals surface area contributed by atoms with Crippen LogP contribution in [0.2, 0.25) is 0 Å².